The van der Waals surface area contributed by atoms with Crippen LogP contribution in [0.5, 0.6) is 5.75 Å². The minimum Gasteiger partial charge on any atom is -0.496 e. The van der Waals surface area contributed by atoms with Crippen molar-refractivity contribution in [3.05, 3.63) is 29.8 Å². The van der Waals surface area contributed by atoms with Gasteiger partial charge in [0.15, 0.2) is 5.78 Å². The summed E-state index contributed by atoms with van der Waals surface area (Å²) >= 11 is 0. The molecule has 1 aromatic carbocycles. The highest BCUT2D eigenvalue weighted by Crippen LogP contribution is 2.19. The van der Waals surface area contributed by atoms with Crippen LogP contribution in [0, 0.1) is 0 Å². The number of nitrogens with zero attached hydrogens (tertiary/aromatic N) is 1. The number of hydrogen-bond acceptors (Lipinski definition) is 4. The molecule has 1 N–H and O–H groups in total. The van der Waals surface area contributed by atoms with Gasteiger partial charge in [-0.25, -0.2) is 0 Å². The van der Waals surface area contributed by atoms with Gasteiger partial charge in [-0.1, -0.05) is 12.1 Å². The molecule has 98 valence electrons. The molecule has 2 rings (SSSR count). The predicted octanol–water partition coefficient (Wildman–Crippen LogP) is 1.17. The Bertz CT molecular complexity index is 401. The number of benzene rings is 1. The van der Waals surface area contributed by atoms with Crippen LogP contribution in [-0.4, -0.2) is 50.5 Å². The van der Waals surface area contributed by atoms with Gasteiger partial charge < -0.3 is 15.0 Å². The standard InChI is InChI=1S/C14H20N2O2/c1-18-14-5-3-2-4-12(14)13(17)6-9-16-10-7-15-8-11-16/h2-5,15H,6-11H2,1H3. The fraction of sp³-hybridized carbons (Fsp3) is 0.500. The lowest BCUT2D eigenvalue weighted by molar-refractivity contribution is 0.0957. The lowest BCUT2D eigenvalue weighted by atomic mass is 10.1. The Morgan fingerprint density at radius 2 is 2.06 bits per heavy atom. The molecule has 0 bridgehead atoms. The molecule has 1 heterocycles. The van der Waals surface area contributed by atoms with Gasteiger partial charge in [0, 0.05) is 39.1 Å². The molecule has 1 aliphatic rings. The molecule has 4 heteroatoms. The van der Waals surface area contributed by atoms with Crippen LogP contribution >= 0.6 is 0 Å². The van der Waals surface area contributed by atoms with E-state index in [1.165, 1.54) is 0 Å². The van der Waals surface area contributed by atoms with Gasteiger partial charge in [-0.15, -0.1) is 0 Å². The lowest BCUT2D eigenvalue weighted by Gasteiger charge is -2.26. The van der Waals surface area contributed by atoms with Gasteiger partial charge in [0.05, 0.1) is 12.7 Å². The number of Topliss-reactive ketones (excluding diaryl/α,β-unsaturated/α-hetero) is 1. The second kappa shape index (κ2) is 6.52. The lowest BCUT2D eigenvalue weighted by Crippen LogP contribution is -2.44. The number of carbonyl (C=O) groups excluding carboxylic acids is 1. The van der Waals surface area contributed by atoms with Crippen molar-refractivity contribution >= 4 is 5.78 Å². The number of ether oxygens (including phenoxy) is 1. The highest BCUT2D eigenvalue weighted by Gasteiger charge is 2.14. The van der Waals surface area contributed by atoms with Crippen LogP contribution in [0.1, 0.15) is 16.8 Å². The molecular weight excluding hydrogens is 228 g/mol. The highest BCUT2D eigenvalue weighted by atomic mass is 16.5. The van der Waals surface area contributed by atoms with Crippen LogP contribution in [0.3, 0.4) is 0 Å². The Kier molecular flexibility index (Phi) is 4.73. The third-order valence-corrected chi connectivity index (χ3v) is 3.27. The zero-order valence-corrected chi connectivity index (χ0v) is 10.8. The normalized spacial score (nSPS) is 16.5. The zero-order chi connectivity index (χ0) is 12.8. The van der Waals surface area contributed by atoms with E-state index in [2.05, 4.69) is 10.2 Å². The molecule has 0 amide bonds. The molecular formula is C14H20N2O2. The number of ketones is 1. The molecule has 0 saturated carbocycles. The van der Waals surface area contributed by atoms with E-state index in [0.717, 1.165) is 32.7 Å². The van der Waals surface area contributed by atoms with Gasteiger partial charge in [-0.3, -0.25) is 4.79 Å². The Morgan fingerprint density at radius 1 is 1.33 bits per heavy atom. The minimum atomic E-state index is 0.158. The molecule has 0 radical (unpaired) electrons. The SMILES string of the molecule is COc1ccccc1C(=O)CCN1CCNCC1. The van der Waals surface area contributed by atoms with Gasteiger partial charge >= 0.3 is 0 Å². The van der Waals surface area contributed by atoms with Crippen LogP contribution in [0.4, 0.5) is 0 Å². The molecule has 0 spiro atoms. The van der Waals surface area contributed by atoms with Gasteiger partial charge in [0.25, 0.3) is 0 Å². The van der Waals surface area contributed by atoms with Gasteiger partial charge in [-0.05, 0) is 12.1 Å². The number of carbonyl (C=O) groups is 1. The van der Waals surface area contributed by atoms with Crippen LogP contribution < -0.4 is 10.1 Å². The monoisotopic (exact) mass is 248 g/mol. The molecule has 0 unspecified atom stereocenters. The average Bonchev–Trinajstić information content (AvgIpc) is 2.45. The van der Waals surface area contributed by atoms with Crippen LogP contribution in [-0.2, 0) is 0 Å². The van der Waals surface area contributed by atoms with E-state index in [0.29, 0.717) is 17.7 Å². The number of piperazine rings is 1. The first-order chi connectivity index (χ1) is 8.81. The predicted molar refractivity (Wildman–Crippen MR) is 71.3 cm³/mol. The largest absolute Gasteiger partial charge is 0.496 e. The second-order valence-electron chi connectivity index (χ2n) is 4.47. The quantitative estimate of drug-likeness (QED) is 0.794. The summed E-state index contributed by atoms with van der Waals surface area (Å²) in [4.78, 5) is 14.5. The van der Waals surface area contributed by atoms with E-state index in [-0.39, 0.29) is 5.78 Å². The fourth-order valence-electron chi connectivity index (χ4n) is 2.20. The van der Waals surface area contributed by atoms with Crippen molar-refractivity contribution in [2.24, 2.45) is 0 Å². The van der Waals surface area contributed by atoms with Crippen molar-refractivity contribution in [1.82, 2.24) is 10.2 Å². The van der Waals surface area contributed by atoms with Gasteiger partial charge in [0.1, 0.15) is 5.75 Å². The number of nitrogens with one attached hydrogen (secondary N) is 1. The van der Waals surface area contributed by atoms with E-state index < -0.39 is 0 Å². The first-order valence-electron chi connectivity index (χ1n) is 6.40. The summed E-state index contributed by atoms with van der Waals surface area (Å²) in [5, 5.41) is 3.31. The topological polar surface area (TPSA) is 41.6 Å². The average molecular weight is 248 g/mol. The maximum Gasteiger partial charge on any atom is 0.167 e. The van der Waals surface area contributed by atoms with Crippen molar-refractivity contribution in [2.75, 3.05) is 39.8 Å². The second-order valence-corrected chi connectivity index (χ2v) is 4.47. The number of methoxy groups -OCH3 is 1. The van der Waals surface area contributed by atoms with Crippen molar-refractivity contribution in [3.8, 4) is 5.75 Å². The number of para-hydroxylation sites is 1. The number of rotatable bonds is 5. The summed E-state index contributed by atoms with van der Waals surface area (Å²) in [5.74, 6) is 0.828. The smallest absolute Gasteiger partial charge is 0.167 e. The van der Waals surface area contributed by atoms with Gasteiger partial charge in [0.2, 0.25) is 0 Å². The van der Waals surface area contributed by atoms with E-state index in [4.69, 9.17) is 4.74 Å². The van der Waals surface area contributed by atoms with E-state index in [1.54, 1.807) is 7.11 Å². The molecule has 18 heavy (non-hydrogen) atoms. The first kappa shape index (κ1) is 13.1. The molecule has 1 fully saturated rings. The van der Waals surface area contributed by atoms with Crippen LogP contribution in [0.25, 0.3) is 0 Å². The Hall–Kier alpha value is -1.39. The summed E-state index contributed by atoms with van der Waals surface area (Å²) < 4.78 is 5.21. The molecule has 0 aliphatic carbocycles. The molecule has 4 nitrogen and oxygen atoms in total. The maximum atomic E-state index is 12.1. The molecule has 1 saturated heterocycles. The van der Waals surface area contributed by atoms with E-state index in [1.807, 2.05) is 24.3 Å². The summed E-state index contributed by atoms with van der Waals surface area (Å²) in [6, 6.07) is 7.42. The Labute approximate surface area is 108 Å². The third kappa shape index (κ3) is 3.31. The third-order valence-electron chi connectivity index (χ3n) is 3.27. The van der Waals surface area contributed by atoms with Crippen LogP contribution in [0.2, 0.25) is 0 Å². The van der Waals surface area contributed by atoms with Crippen molar-refractivity contribution in [1.29, 1.82) is 0 Å². The van der Waals surface area contributed by atoms with E-state index >= 15 is 0 Å². The van der Waals surface area contributed by atoms with Crippen molar-refractivity contribution in [3.63, 3.8) is 0 Å². The summed E-state index contributed by atoms with van der Waals surface area (Å²) in [7, 11) is 1.60. The van der Waals surface area contributed by atoms with Crippen LogP contribution in [0.15, 0.2) is 24.3 Å². The fourth-order valence-corrected chi connectivity index (χ4v) is 2.20. The first-order valence-corrected chi connectivity index (χ1v) is 6.40. The number of hydrogen-bond donors (Lipinski definition) is 1. The Balaban J connectivity index is 1.90. The van der Waals surface area contributed by atoms with Gasteiger partial charge in [-0.2, -0.15) is 0 Å². The molecule has 1 aliphatic heterocycles. The van der Waals surface area contributed by atoms with Crippen molar-refractivity contribution < 1.29 is 9.53 Å². The molecule has 0 aromatic heterocycles. The zero-order valence-electron chi connectivity index (χ0n) is 10.8. The Morgan fingerprint density at radius 3 is 2.78 bits per heavy atom. The molecule has 0 atom stereocenters. The van der Waals surface area contributed by atoms with E-state index in [9.17, 15) is 4.79 Å². The summed E-state index contributed by atoms with van der Waals surface area (Å²) in [6.45, 7) is 4.92. The highest BCUT2D eigenvalue weighted by molar-refractivity contribution is 5.98. The molecule has 1 aromatic rings. The summed E-state index contributed by atoms with van der Waals surface area (Å²) in [6.07, 6.45) is 0.556. The maximum absolute atomic E-state index is 12.1. The minimum absolute atomic E-state index is 0.158. The van der Waals surface area contributed by atoms with Crippen molar-refractivity contribution in [2.45, 2.75) is 6.42 Å². The summed E-state index contributed by atoms with van der Waals surface area (Å²) in [5.41, 5.74) is 0.690.